The van der Waals surface area contributed by atoms with Gasteiger partial charge in [-0.05, 0) is 0 Å². The number of methoxy groups -OCH3 is 1. The molecule has 0 aromatic carbocycles. The van der Waals surface area contributed by atoms with E-state index in [9.17, 15) is 4.79 Å². The highest BCUT2D eigenvalue weighted by atomic mass is 32.1. The molecular formula is C6H12N2O2S. The minimum Gasteiger partial charge on any atom is -0.392 e. The second kappa shape index (κ2) is 5.03. The third kappa shape index (κ3) is 4.69. The van der Waals surface area contributed by atoms with Crippen LogP contribution in [0, 0.1) is 0 Å². The summed E-state index contributed by atoms with van der Waals surface area (Å²) in [6, 6.07) is 0. The Balaban J connectivity index is 3.73. The molecule has 0 saturated heterocycles. The molecule has 0 aliphatic carbocycles. The van der Waals surface area contributed by atoms with E-state index in [1.54, 1.807) is 7.05 Å². The molecule has 0 bridgehead atoms. The van der Waals surface area contributed by atoms with Crippen molar-refractivity contribution in [3.63, 3.8) is 0 Å². The Kier molecular flexibility index (Phi) is 4.72. The lowest BCUT2D eigenvalue weighted by Gasteiger charge is -2.14. The van der Waals surface area contributed by atoms with Crippen molar-refractivity contribution in [2.75, 3.05) is 27.3 Å². The van der Waals surface area contributed by atoms with Crippen LogP contribution >= 0.6 is 12.2 Å². The first kappa shape index (κ1) is 10.3. The van der Waals surface area contributed by atoms with Crippen molar-refractivity contribution in [1.29, 1.82) is 0 Å². The molecule has 64 valence electrons. The van der Waals surface area contributed by atoms with Gasteiger partial charge in [0.1, 0.15) is 6.61 Å². The molecule has 0 rings (SSSR count). The van der Waals surface area contributed by atoms with Gasteiger partial charge in [-0.3, -0.25) is 4.79 Å². The Morgan fingerprint density at radius 3 is 2.64 bits per heavy atom. The normalized spacial score (nSPS) is 9.27. The quantitative estimate of drug-likeness (QED) is 0.580. The number of thiocarbonyl (C=S) groups is 1. The van der Waals surface area contributed by atoms with Gasteiger partial charge in [0, 0.05) is 14.2 Å². The van der Waals surface area contributed by atoms with E-state index in [0.717, 1.165) is 0 Å². The number of carbonyl (C=O) groups is 1. The van der Waals surface area contributed by atoms with Crippen molar-refractivity contribution in [1.82, 2.24) is 4.90 Å². The molecule has 0 spiro atoms. The fourth-order valence-corrected chi connectivity index (χ4v) is 0.749. The summed E-state index contributed by atoms with van der Waals surface area (Å²) in [7, 11) is 3.09. The highest BCUT2D eigenvalue weighted by Gasteiger charge is 2.07. The highest BCUT2D eigenvalue weighted by Crippen LogP contribution is 1.84. The van der Waals surface area contributed by atoms with Gasteiger partial charge in [-0.1, -0.05) is 12.2 Å². The number of rotatable bonds is 4. The number of hydrogen-bond acceptors (Lipinski definition) is 3. The van der Waals surface area contributed by atoms with Crippen LogP contribution in [-0.4, -0.2) is 43.1 Å². The largest absolute Gasteiger partial charge is 0.392 e. The summed E-state index contributed by atoms with van der Waals surface area (Å²) in [6.45, 7) is 0.372. The minimum absolute atomic E-state index is 0.0686. The predicted molar refractivity (Wildman–Crippen MR) is 46.3 cm³/mol. The number of ether oxygens (including phenoxy) is 1. The van der Waals surface area contributed by atoms with E-state index >= 15 is 0 Å². The number of carbonyl (C=O) groups excluding carboxylic acids is 1. The first-order chi connectivity index (χ1) is 5.07. The van der Waals surface area contributed by atoms with E-state index in [1.807, 2.05) is 0 Å². The van der Waals surface area contributed by atoms with Crippen LogP contribution in [0.1, 0.15) is 0 Å². The Morgan fingerprint density at radius 1 is 1.73 bits per heavy atom. The van der Waals surface area contributed by atoms with Gasteiger partial charge in [-0.15, -0.1) is 0 Å². The monoisotopic (exact) mass is 176 g/mol. The molecule has 11 heavy (non-hydrogen) atoms. The van der Waals surface area contributed by atoms with Crippen LogP contribution in [0.25, 0.3) is 0 Å². The fourth-order valence-electron chi connectivity index (χ4n) is 0.556. The zero-order chi connectivity index (χ0) is 8.85. The Labute approximate surface area is 71.3 Å². The zero-order valence-electron chi connectivity index (χ0n) is 6.66. The molecule has 5 heteroatoms. The van der Waals surface area contributed by atoms with Crippen LogP contribution in [0.4, 0.5) is 0 Å². The maximum atomic E-state index is 11.0. The average Bonchev–Trinajstić information content (AvgIpc) is 1.86. The van der Waals surface area contributed by atoms with Gasteiger partial charge in [-0.25, -0.2) is 0 Å². The van der Waals surface area contributed by atoms with E-state index < -0.39 is 0 Å². The average molecular weight is 176 g/mol. The Morgan fingerprint density at radius 2 is 2.27 bits per heavy atom. The second-order valence-electron chi connectivity index (χ2n) is 2.15. The van der Waals surface area contributed by atoms with Crippen molar-refractivity contribution in [2.24, 2.45) is 5.73 Å². The zero-order valence-corrected chi connectivity index (χ0v) is 7.48. The molecule has 0 saturated carbocycles. The molecule has 0 unspecified atom stereocenters. The maximum Gasteiger partial charge on any atom is 0.248 e. The molecular weight excluding hydrogens is 164 g/mol. The summed E-state index contributed by atoms with van der Waals surface area (Å²) >= 11 is 4.62. The van der Waals surface area contributed by atoms with Crippen LogP contribution in [0.15, 0.2) is 0 Å². The van der Waals surface area contributed by atoms with Crippen LogP contribution in [-0.2, 0) is 9.53 Å². The molecule has 0 aliphatic rings. The number of nitrogens with two attached hydrogens (primary N) is 1. The number of likely N-dealkylation sites (N-methyl/N-ethyl adjacent to an activating group) is 1. The van der Waals surface area contributed by atoms with E-state index in [2.05, 4.69) is 17.0 Å². The summed E-state index contributed by atoms with van der Waals surface area (Å²) in [5, 5.41) is 0. The third-order valence-corrected chi connectivity index (χ3v) is 1.22. The third-order valence-electron chi connectivity index (χ3n) is 1.09. The topological polar surface area (TPSA) is 55.6 Å². The van der Waals surface area contributed by atoms with Gasteiger partial charge in [0.05, 0.1) is 11.5 Å². The van der Waals surface area contributed by atoms with Crippen LogP contribution < -0.4 is 5.73 Å². The molecule has 0 fully saturated rings. The van der Waals surface area contributed by atoms with Gasteiger partial charge in [0.15, 0.2) is 0 Å². The molecule has 0 aromatic rings. The highest BCUT2D eigenvalue weighted by molar-refractivity contribution is 7.80. The van der Waals surface area contributed by atoms with Gasteiger partial charge in [0.25, 0.3) is 0 Å². The van der Waals surface area contributed by atoms with Crippen molar-refractivity contribution in [2.45, 2.75) is 0 Å². The van der Waals surface area contributed by atoms with E-state index in [-0.39, 0.29) is 12.5 Å². The molecule has 2 N–H and O–H groups in total. The fraction of sp³-hybridized carbons (Fsp3) is 0.667. The lowest BCUT2D eigenvalue weighted by molar-refractivity contribution is -0.133. The lowest BCUT2D eigenvalue weighted by atomic mass is 10.5. The van der Waals surface area contributed by atoms with Gasteiger partial charge in [0.2, 0.25) is 5.91 Å². The first-order valence-corrected chi connectivity index (χ1v) is 3.50. The Hall–Kier alpha value is -0.680. The molecule has 0 radical (unpaired) electrons. The van der Waals surface area contributed by atoms with Gasteiger partial charge < -0.3 is 15.4 Å². The van der Waals surface area contributed by atoms with Crippen LogP contribution in [0.3, 0.4) is 0 Å². The van der Waals surface area contributed by atoms with Gasteiger partial charge in [-0.2, -0.15) is 0 Å². The summed E-state index contributed by atoms with van der Waals surface area (Å²) in [6.07, 6.45) is 0. The molecule has 0 aliphatic heterocycles. The Bertz CT molecular complexity index is 161. The van der Waals surface area contributed by atoms with Crippen LogP contribution in [0.2, 0.25) is 0 Å². The molecule has 0 atom stereocenters. The molecule has 0 heterocycles. The van der Waals surface area contributed by atoms with Crippen molar-refractivity contribution in [3.05, 3.63) is 0 Å². The predicted octanol–water partition coefficient (Wildman–Crippen LogP) is -0.623. The van der Waals surface area contributed by atoms with Crippen molar-refractivity contribution in [3.8, 4) is 0 Å². The smallest absolute Gasteiger partial charge is 0.248 e. The molecule has 4 nitrogen and oxygen atoms in total. The number of amides is 1. The summed E-state index contributed by atoms with van der Waals surface area (Å²) in [5.41, 5.74) is 5.22. The SMILES string of the molecule is COCC(=O)N(C)CC(N)=S. The van der Waals surface area contributed by atoms with E-state index in [0.29, 0.717) is 11.5 Å². The standard InChI is InChI=1S/C6H12N2O2S/c1-8(3-5(7)11)6(9)4-10-2/h3-4H2,1-2H3,(H2,7,11). The number of nitrogens with zero attached hydrogens (tertiary/aromatic N) is 1. The van der Waals surface area contributed by atoms with Crippen molar-refractivity contribution >= 4 is 23.1 Å². The summed E-state index contributed by atoms with van der Waals surface area (Å²) in [4.78, 5) is 12.7. The molecule has 1 amide bonds. The number of hydrogen-bond donors (Lipinski definition) is 1. The minimum atomic E-state index is -0.125. The maximum absolute atomic E-state index is 11.0. The van der Waals surface area contributed by atoms with E-state index in [1.165, 1.54) is 12.0 Å². The van der Waals surface area contributed by atoms with Gasteiger partial charge >= 0.3 is 0 Å². The lowest BCUT2D eigenvalue weighted by Crippen LogP contribution is -2.36. The summed E-state index contributed by atoms with van der Waals surface area (Å²) in [5.74, 6) is -0.125. The molecule has 0 aromatic heterocycles. The second-order valence-corrected chi connectivity index (χ2v) is 2.67. The van der Waals surface area contributed by atoms with Crippen molar-refractivity contribution < 1.29 is 9.53 Å². The first-order valence-electron chi connectivity index (χ1n) is 3.09. The van der Waals surface area contributed by atoms with Crippen LogP contribution in [0.5, 0.6) is 0 Å². The summed E-state index contributed by atoms with van der Waals surface area (Å²) < 4.78 is 4.63. The van der Waals surface area contributed by atoms with E-state index in [4.69, 9.17) is 5.73 Å².